The third-order valence-corrected chi connectivity index (χ3v) is 2.95. The van der Waals surface area contributed by atoms with Crippen LogP contribution in [0.15, 0.2) is 22.2 Å². The van der Waals surface area contributed by atoms with Crippen molar-refractivity contribution >= 4 is 29.2 Å². The highest BCUT2D eigenvalue weighted by molar-refractivity contribution is 6.33. The minimum absolute atomic E-state index is 0.0344. The molecule has 0 spiro atoms. The quantitative estimate of drug-likeness (QED) is 0.437. The summed E-state index contributed by atoms with van der Waals surface area (Å²) in [6.07, 6.45) is 1.69. The van der Waals surface area contributed by atoms with Crippen molar-refractivity contribution < 1.29 is 14.8 Å². The fourth-order valence-corrected chi connectivity index (χ4v) is 1.83. The average molecular weight is 266 g/mol. The molecule has 0 bridgehead atoms. The van der Waals surface area contributed by atoms with Crippen molar-refractivity contribution in [2.45, 2.75) is 12.1 Å². The first kappa shape index (κ1) is 13.0. The predicted molar refractivity (Wildman–Crippen MR) is 54.9 cm³/mol. The Bertz CT molecular complexity index is 407. The van der Waals surface area contributed by atoms with Gasteiger partial charge < -0.3 is 9.90 Å². The van der Waals surface area contributed by atoms with Crippen LogP contribution in [0.3, 0.4) is 0 Å². The van der Waals surface area contributed by atoms with E-state index >= 15 is 0 Å². The minimum atomic E-state index is -2.08. The van der Waals surface area contributed by atoms with Gasteiger partial charge in [-0.1, -0.05) is 29.3 Å². The van der Waals surface area contributed by atoms with Crippen LogP contribution in [0.2, 0.25) is 0 Å². The summed E-state index contributed by atoms with van der Waals surface area (Å²) in [7, 11) is 0. The van der Waals surface area contributed by atoms with E-state index in [1.165, 1.54) is 0 Å². The van der Waals surface area contributed by atoms with Crippen molar-refractivity contribution in [3.05, 3.63) is 32.3 Å². The van der Waals surface area contributed by atoms with Gasteiger partial charge >= 0.3 is 5.66 Å². The van der Waals surface area contributed by atoms with Gasteiger partial charge in [0.25, 0.3) is 0 Å². The van der Waals surface area contributed by atoms with Gasteiger partial charge in [0.15, 0.2) is 0 Å². The number of carboxylic acids is 1. The maximum Gasteiger partial charge on any atom is 0.328 e. The number of carbonyl (C=O) groups excluding carboxylic acids is 1. The van der Waals surface area contributed by atoms with Crippen LogP contribution in [-0.2, 0) is 4.79 Å². The zero-order valence-electron chi connectivity index (χ0n) is 7.85. The number of allylic oxidation sites excluding steroid dienone is 2. The Hall–Kier alpha value is -1.11. The minimum Gasteiger partial charge on any atom is -0.550 e. The van der Waals surface area contributed by atoms with E-state index in [4.69, 9.17) is 28.9 Å². The van der Waals surface area contributed by atoms with Gasteiger partial charge in [-0.15, -0.1) is 0 Å². The van der Waals surface area contributed by atoms with Crippen LogP contribution in [0.5, 0.6) is 0 Å². The van der Waals surface area contributed by atoms with E-state index in [1.54, 1.807) is 0 Å². The number of carbonyl (C=O) groups is 1. The van der Waals surface area contributed by atoms with Crippen LogP contribution in [0.25, 0.3) is 0 Å². The maximum absolute atomic E-state index is 10.7. The molecule has 16 heavy (non-hydrogen) atoms. The Morgan fingerprint density at radius 1 is 1.62 bits per heavy atom. The standard InChI is InChI=1S/C8H8Cl2N2O4/c9-5-3-8(11,12(15)16)6(10)1-4(5)2-7(13)14/h1,3-4H,2,11H2,(H,13,14)/p-1. The average Bonchev–Trinajstić information content (AvgIpc) is 2.13. The van der Waals surface area contributed by atoms with Gasteiger partial charge in [-0.25, -0.2) is 0 Å². The van der Waals surface area contributed by atoms with Crippen LogP contribution >= 0.6 is 23.2 Å². The van der Waals surface area contributed by atoms with Gasteiger partial charge in [0.05, 0.1) is 4.92 Å². The number of halogens is 2. The summed E-state index contributed by atoms with van der Waals surface area (Å²) in [6, 6.07) is 0. The fraction of sp³-hybridized carbons (Fsp3) is 0.375. The van der Waals surface area contributed by atoms with Crippen molar-refractivity contribution in [2.24, 2.45) is 11.7 Å². The predicted octanol–water partition coefficient (Wildman–Crippen LogP) is -0.0667. The maximum atomic E-state index is 10.7. The number of nitrogens with two attached hydrogens (primary N) is 1. The SMILES string of the molecule is NC1([N+](=O)[O-])C=C(Cl)C(CC(=O)[O-])C=C1Cl. The van der Waals surface area contributed by atoms with Crippen molar-refractivity contribution in [3.63, 3.8) is 0 Å². The second-order valence-corrected chi connectivity index (χ2v) is 4.15. The Balaban J connectivity index is 3.05. The fourth-order valence-electron chi connectivity index (χ4n) is 1.25. The second-order valence-electron chi connectivity index (χ2n) is 3.31. The summed E-state index contributed by atoms with van der Waals surface area (Å²) in [6.45, 7) is 0. The van der Waals surface area contributed by atoms with Gasteiger partial charge in [-0.05, 0) is 6.42 Å². The molecule has 1 aliphatic carbocycles. The van der Waals surface area contributed by atoms with E-state index in [-0.39, 0.29) is 10.1 Å². The molecule has 0 aromatic heterocycles. The third kappa shape index (κ3) is 2.34. The Kier molecular flexibility index (Phi) is 3.57. The van der Waals surface area contributed by atoms with Crippen molar-refractivity contribution in [2.75, 3.05) is 0 Å². The van der Waals surface area contributed by atoms with Gasteiger partial charge in [0.1, 0.15) is 5.03 Å². The summed E-state index contributed by atoms with van der Waals surface area (Å²) >= 11 is 11.3. The van der Waals surface area contributed by atoms with E-state index in [9.17, 15) is 20.0 Å². The van der Waals surface area contributed by atoms with Gasteiger partial charge in [-0.2, -0.15) is 0 Å². The summed E-state index contributed by atoms with van der Waals surface area (Å²) in [5.74, 6) is -2.07. The Morgan fingerprint density at radius 2 is 2.19 bits per heavy atom. The molecule has 2 unspecified atom stereocenters. The smallest absolute Gasteiger partial charge is 0.328 e. The van der Waals surface area contributed by atoms with E-state index in [0.717, 1.165) is 12.2 Å². The first-order chi connectivity index (χ1) is 7.27. The lowest BCUT2D eigenvalue weighted by atomic mass is 9.94. The molecule has 2 N–H and O–H groups in total. The zero-order chi connectivity index (χ0) is 12.5. The largest absolute Gasteiger partial charge is 0.550 e. The topological polar surface area (TPSA) is 109 Å². The van der Waals surface area contributed by atoms with Crippen molar-refractivity contribution in [3.8, 4) is 0 Å². The molecular formula is C8H7Cl2N2O4-. The van der Waals surface area contributed by atoms with Gasteiger partial charge in [-0.3, -0.25) is 15.8 Å². The number of nitro groups is 1. The van der Waals surface area contributed by atoms with E-state index in [2.05, 4.69) is 0 Å². The molecule has 1 rings (SSSR count). The van der Waals surface area contributed by atoms with Crippen LogP contribution in [0, 0.1) is 16.0 Å². The molecular weight excluding hydrogens is 259 g/mol. The van der Waals surface area contributed by atoms with Crippen molar-refractivity contribution in [1.82, 2.24) is 0 Å². The normalized spacial score (nSPS) is 29.3. The molecule has 0 aliphatic heterocycles. The highest BCUT2D eigenvalue weighted by Crippen LogP contribution is 2.35. The summed E-state index contributed by atoms with van der Waals surface area (Å²) in [4.78, 5) is 20.3. The Labute approximate surface area is 100 Å². The molecule has 0 saturated heterocycles. The number of rotatable bonds is 3. The lowest BCUT2D eigenvalue weighted by molar-refractivity contribution is -0.541. The number of hydrogen-bond donors (Lipinski definition) is 1. The highest BCUT2D eigenvalue weighted by Gasteiger charge is 2.43. The monoisotopic (exact) mass is 265 g/mol. The molecule has 0 aromatic carbocycles. The molecule has 1 aliphatic rings. The highest BCUT2D eigenvalue weighted by atomic mass is 35.5. The van der Waals surface area contributed by atoms with E-state index in [1.807, 2.05) is 0 Å². The number of hydrogen-bond acceptors (Lipinski definition) is 5. The molecule has 0 fully saturated rings. The molecule has 2 atom stereocenters. The summed E-state index contributed by atoms with van der Waals surface area (Å²) in [5, 5.41) is 20.8. The molecule has 0 amide bonds. The molecule has 88 valence electrons. The van der Waals surface area contributed by atoms with Gasteiger partial charge in [0, 0.05) is 23.0 Å². The molecule has 8 heteroatoms. The van der Waals surface area contributed by atoms with Crippen LogP contribution in [0.1, 0.15) is 6.42 Å². The molecule has 0 radical (unpaired) electrons. The first-order valence-corrected chi connectivity index (χ1v) is 4.92. The molecule has 0 heterocycles. The summed E-state index contributed by atoms with van der Waals surface area (Å²) in [5.41, 5.74) is 3.32. The number of nitrogens with zero attached hydrogens (tertiary/aromatic N) is 1. The summed E-state index contributed by atoms with van der Waals surface area (Å²) < 4.78 is 0. The van der Waals surface area contributed by atoms with E-state index in [0.29, 0.717) is 0 Å². The number of aliphatic carboxylic acids is 1. The van der Waals surface area contributed by atoms with Crippen LogP contribution < -0.4 is 10.8 Å². The Morgan fingerprint density at radius 3 is 2.62 bits per heavy atom. The second kappa shape index (κ2) is 4.40. The van der Waals surface area contributed by atoms with Gasteiger partial charge in [0.2, 0.25) is 0 Å². The van der Waals surface area contributed by atoms with Crippen molar-refractivity contribution in [1.29, 1.82) is 0 Å². The van der Waals surface area contributed by atoms with Crippen LogP contribution in [0.4, 0.5) is 0 Å². The van der Waals surface area contributed by atoms with E-state index < -0.39 is 28.9 Å². The number of carboxylic acid groups (broad SMARTS) is 1. The lowest BCUT2D eigenvalue weighted by Crippen LogP contribution is -2.48. The first-order valence-electron chi connectivity index (χ1n) is 4.16. The van der Waals surface area contributed by atoms with Crippen LogP contribution in [-0.4, -0.2) is 16.6 Å². The molecule has 0 saturated carbocycles. The lowest BCUT2D eigenvalue weighted by Gasteiger charge is -2.24. The molecule has 0 aromatic rings. The third-order valence-electron chi connectivity index (χ3n) is 2.13. The molecule has 6 nitrogen and oxygen atoms in total. The zero-order valence-corrected chi connectivity index (χ0v) is 9.36.